The van der Waals surface area contributed by atoms with Crippen LogP contribution in [0.25, 0.3) is 0 Å². The Labute approximate surface area is 128 Å². The summed E-state index contributed by atoms with van der Waals surface area (Å²) in [6.07, 6.45) is 3.41. The fraction of sp³-hybridized carbons (Fsp3) is 0.375. The molecule has 0 atom stereocenters. The molecule has 110 valence electrons. The number of anilines is 2. The van der Waals surface area contributed by atoms with Gasteiger partial charge in [-0.2, -0.15) is 0 Å². The van der Waals surface area contributed by atoms with Crippen LogP contribution < -0.4 is 10.6 Å². The zero-order chi connectivity index (χ0) is 14.7. The number of nitrogens with zero attached hydrogens (tertiary/aromatic N) is 1. The van der Waals surface area contributed by atoms with Crippen LogP contribution in [0.1, 0.15) is 29.1 Å². The number of aromatic nitrogens is 1. The van der Waals surface area contributed by atoms with E-state index in [1.54, 1.807) is 11.3 Å². The van der Waals surface area contributed by atoms with Gasteiger partial charge in [0, 0.05) is 36.1 Å². The van der Waals surface area contributed by atoms with Crippen molar-refractivity contribution in [3.05, 3.63) is 39.8 Å². The molecule has 0 fully saturated rings. The Hall–Kier alpha value is -1.88. The van der Waals surface area contributed by atoms with Crippen molar-refractivity contribution < 1.29 is 4.79 Å². The van der Waals surface area contributed by atoms with Crippen LogP contribution >= 0.6 is 11.3 Å². The third-order valence-corrected chi connectivity index (χ3v) is 4.43. The first-order valence-electron chi connectivity index (χ1n) is 7.28. The van der Waals surface area contributed by atoms with Gasteiger partial charge in [0.05, 0.1) is 10.7 Å². The van der Waals surface area contributed by atoms with Crippen LogP contribution in [-0.4, -0.2) is 17.4 Å². The molecule has 1 aromatic heterocycles. The highest BCUT2D eigenvalue weighted by Gasteiger charge is 2.12. The van der Waals surface area contributed by atoms with Gasteiger partial charge in [0.1, 0.15) is 0 Å². The average molecular weight is 301 g/mol. The lowest BCUT2D eigenvalue weighted by atomic mass is 10.1. The minimum atomic E-state index is 0.115. The minimum Gasteiger partial charge on any atom is -0.385 e. The van der Waals surface area contributed by atoms with E-state index in [0.29, 0.717) is 6.42 Å². The highest BCUT2D eigenvalue weighted by Crippen LogP contribution is 2.25. The van der Waals surface area contributed by atoms with E-state index in [0.717, 1.165) is 47.9 Å². The van der Waals surface area contributed by atoms with Gasteiger partial charge in [-0.15, -0.1) is 11.3 Å². The van der Waals surface area contributed by atoms with Crippen molar-refractivity contribution in [1.29, 1.82) is 0 Å². The Morgan fingerprint density at radius 2 is 2.29 bits per heavy atom. The molecular formula is C16H19N3OS. The smallest absolute Gasteiger partial charge is 0.224 e. The van der Waals surface area contributed by atoms with Gasteiger partial charge in [-0.25, -0.2) is 4.98 Å². The fourth-order valence-electron chi connectivity index (χ4n) is 2.53. The molecule has 0 spiro atoms. The van der Waals surface area contributed by atoms with Crippen molar-refractivity contribution in [2.24, 2.45) is 0 Å². The summed E-state index contributed by atoms with van der Waals surface area (Å²) in [4.78, 5) is 16.1. The van der Waals surface area contributed by atoms with Gasteiger partial charge >= 0.3 is 0 Å². The Balaban J connectivity index is 1.62. The number of carbonyl (C=O) groups is 1. The summed E-state index contributed by atoms with van der Waals surface area (Å²) in [5.41, 5.74) is 4.35. The average Bonchev–Trinajstić information content (AvgIpc) is 2.77. The van der Waals surface area contributed by atoms with Gasteiger partial charge in [0.15, 0.2) is 0 Å². The van der Waals surface area contributed by atoms with Crippen LogP contribution in [0, 0.1) is 6.92 Å². The molecule has 2 N–H and O–H groups in total. The first kappa shape index (κ1) is 14.1. The molecule has 2 heterocycles. The monoisotopic (exact) mass is 301 g/mol. The lowest BCUT2D eigenvalue weighted by molar-refractivity contribution is -0.116. The number of fused-ring (bicyclic) bond motifs is 1. The molecule has 1 aliphatic rings. The van der Waals surface area contributed by atoms with Crippen molar-refractivity contribution in [2.45, 2.75) is 32.6 Å². The van der Waals surface area contributed by atoms with Crippen LogP contribution in [0.4, 0.5) is 11.4 Å². The van der Waals surface area contributed by atoms with Gasteiger partial charge in [0.25, 0.3) is 0 Å². The molecule has 1 aromatic carbocycles. The SMILES string of the molecule is Cc1nc(CCNc2ccc3c(c2)NC(=O)CCC3)cs1. The van der Waals surface area contributed by atoms with Gasteiger partial charge in [-0.3, -0.25) is 4.79 Å². The zero-order valence-corrected chi connectivity index (χ0v) is 12.9. The highest BCUT2D eigenvalue weighted by atomic mass is 32.1. The molecule has 0 aliphatic carbocycles. The van der Waals surface area contributed by atoms with Crippen molar-refractivity contribution in [2.75, 3.05) is 17.2 Å². The second-order valence-corrected chi connectivity index (χ2v) is 6.37. The maximum atomic E-state index is 11.6. The van der Waals surface area contributed by atoms with E-state index >= 15 is 0 Å². The molecule has 0 bridgehead atoms. The third kappa shape index (κ3) is 3.61. The number of hydrogen-bond acceptors (Lipinski definition) is 4. The first-order chi connectivity index (χ1) is 10.2. The van der Waals surface area contributed by atoms with E-state index in [1.807, 2.05) is 13.0 Å². The van der Waals surface area contributed by atoms with Gasteiger partial charge in [0.2, 0.25) is 5.91 Å². The lowest BCUT2D eigenvalue weighted by Crippen LogP contribution is -2.10. The van der Waals surface area contributed by atoms with Crippen LogP contribution in [0.15, 0.2) is 23.6 Å². The molecule has 0 unspecified atom stereocenters. The third-order valence-electron chi connectivity index (χ3n) is 3.61. The quantitative estimate of drug-likeness (QED) is 0.910. The number of amides is 1. The van der Waals surface area contributed by atoms with Crippen LogP contribution in [0.5, 0.6) is 0 Å². The summed E-state index contributed by atoms with van der Waals surface area (Å²) in [7, 11) is 0. The number of hydrogen-bond donors (Lipinski definition) is 2. The van der Waals surface area contributed by atoms with Crippen LogP contribution in [-0.2, 0) is 17.6 Å². The largest absolute Gasteiger partial charge is 0.385 e. The maximum Gasteiger partial charge on any atom is 0.224 e. The Bertz CT molecular complexity index is 651. The summed E-state index contributed by atoms with van der Waals surface area (Å²) in [6.45, 7) is 2.87. The second kappa shape index (κ2) is 6.26. The molecule has 4 nitrogen and oxygen atoms in total. The van der Waals surface area contributed by atoms with E-state index in [-0.39, 0.29) is 5.91 Å². The summed E-state index contributed by atoms with van der Waals surface area (Å²) in [5, 5.41) is 9.60. The van der Waals surface area contributed by atoms with Crippen LogP contribution in [0.2, 0.25) is 0 Å². The maximum absolute atomic E-state index is 11.6. The van der Waals surface area contributed by atoms with Gasteiger partial charge in [-0.05, 0) is 37.5 Å². The Morgan fingerprint density at radius 3 is 3.10 bits per heavy atom. The molecular weight excluding hydrogens is 282 g/mol. The van der Waals surface area contributed by atoms with E-state index in [4.69, 9.17) is 0 Å². The normalized spacial score (nSPS) is 14.2. The summed E-state index contributed by atoms with van der Waals surface area (Å²) < 4.78 is 0. The standard InChI is InChI=1S/C16H19N3OS/c1-11-18-14(10-21-11)7-8-17-13-6-5-12-3-2-4-16(20)19-15(12)9-13/h5-6,9-10,17H,2-4,7-8H2,1H3,(H,19,20). The molecule has 3 rings (SSSR count). The number of carbonyl (C=O) groups excluding carboxylic acids is 1. The van der Waals surface area contributed by atoms with Crippen LogP contribution in [0.3, 0.4) is 0 Å². The molecule has 0 saturated heterocycles. The van der Waals surface area contributed by atoms with E-state index in [2.05, 4.69) is 33.1 Å². The molecule has 1 amide bonds. The topological polar surface area (TPSA) is 54.0 Å². The Morgan fingerprint density at radius 1 is 1.38 bits per heavy atom. The molecule has 1 aliphatic heterocycles. The van der Waals surface area contributed by atoms with Gasteiger partial charge in [-0.1, -0.05) is 6.07 Å². The molecule has 2 aromatic rings. The molecule has 21 heavy (non-hydrogen) atoms. The predicted molar refractivity (Wildman–Crippen MR) is 87.1 cm³/mol. The number of nitrogens with one attached hydrogen (secondary N) is 2. The van der Waals surface area contributed by atoms with Crippen molar-refractivity contribution in [3.63, 3.8) is 0 Å². The van der Waals surface area contributed by atoms with Crippen molar-refractivity contribution >= 4 is 28.6 Å². The number of rotatable bonds is 4. The number of aryl methyl sites for hydroxylation is 2. The molecule has 0 radical (unpaired) electrons. The zero-order valence-electron chi connectivity index (χ0n) is 12.1. The lowest BCUT2D eigenvalue weighted by Gasteiger charge is -2.11. The van der Waals surface area contributed by atoms with E-state index in [9.17, 15) is 4.79 Å². The predicted octanol–water partition coefficient (Wildman–Crippen LogP) is 3.38. The first-order valence-corrected chi connectivity index (χ1v) is 8.16. The highest BCUT2D eigenvalue weighted by molar-refractivity contribution is 7.09. The second-order valence-electron chi connectivity index (χ2n) is 5.31. The Kier molecular flexibility index (Phi) is 4.20. The van der Waals surface area contributed by atoms with Crippen molar-refractivity contribution in [3.8, 4) is 0 Å². The van der Waals surface area contributed by atoms with E-state index < -0.39 is 0 Å². The number of thiazole rings is 1. The fourth-order valence-corrected chi connectivity index (χ4v) is 3.18. The minimum absolute atomic E-state index is 0.115. The van der Waals surface area contributed by atoms with Gasteiger partial charge < -0.3 is 10.6 Å². The molecule has 0 saturated carbocycles. The molecule has 5 heteroatoms. The summed E-state index contributed by atoms with van der Waals surface area (Å²) in [6, 6.07) is 6.23. The summed E-state index contributed by atoms with van der Waals surface area (Å²) >= 11 is 1.69. The summed E-state index contributed by atoms with van der Waals surface area (Å²) in [5.74, 6) is 0.115. The van der Waals surface area contributed by atoms with Crippen molar-refractivity contribution in [1.82, 2.24) is 4.98 Å². The van der Waals surface area contributed by atoms with E-state index in [1.165, 1.54) is 5.56 Å². The number of benzene rings is 1.